The summed E-state index contributed by atoms with van der Waals surface area (Å²) in [5.74, 6) is -6.08. The van der Waals surface area contributed by atoms with E-state index < -0.39 is 47.8 Å². The van der Waals surface area contributed by atoms with Crippen LogP contribution in [0.4, 0.5) is 22.0 Å². The molecule has 7 rings (SSSR count). The summed E-state index contributed by atoms with van der Waals surface area (Å²) < 4.78 is 77.0. The predicted octanol–water partition coefficient (Wildman–Crippen LogP) is 4.39. The molecule has 4 fully saturated rings. The van der Waals surface area contributed by atoms with Crippen molar-refractivity contribution in [3.8, 4) is 0 Å². The van der Waals surface area contributed by atoms with Crippen LogP contribution in [-0.2, 0) is 22.5 Å². The van der Waals surface area contributed by atoms with Gasteiger partial charge in [0.25, 0.3) is 11.7 Å². The SMILES string of the molecule is CCn1nccc1C(=O)NC(c1cn2nc(CC3CC(C(F)(F)F)CNC3=O)c(C3CCOCC3)nc2n1)C1CC2(C1)CC(F)(F)C2. The lowest BCUT2D eigenvalue weighted by Gasteiger charge is -2.58. The number of carbonyl (C=O) groups excluding carboxylic acids is 2. The van der Waals surface area contributed by atoms with E-state index in [1.54, 1.807) is 16.9 Å². The van der Waals surface area contributed by atoms with Crippen molar-refractivity contribution >= 4 is 17.6 Å². The zero-order valence-corrected chi connectivity index (χ0v) is 25.9. The average Bonchev–Trinajstić information content (AvgIpc) is 3.65. The summed E-state index contributed by atoms with van der Waals surface area (Å²) in [6.45, 7) is 2.86. The molecule has 47 heavy (non-hydrogen) atoms. The molecule has 3 aromatic heterocycles. The van der Waals surface area contributed by atoms with Crippen LogP contribution in [0.15, 0.2) is 18.5 Å². The Kier molecular flexibility index (Phi) is 7.99. The number of amides is 2. The minimum absolute atomic E-state index is 0.0257. The number of fused-ring (bicyclic) bond motifs is 1. The van der Waals surface area contributed by atoms with Gasteiger partial charge in [-0.2, -0.15) is 23.4 Å². The highest BCUT2D eigenvalue weighted by atomic mass is 19.4. The molecule has 3 atom stereocenters. The first-order valence-electron chi connectivity index (χ1n) is 16.2. The summed E-state index contributed by atoms with van der Waals surface area (Å²) in [5, 5.41) is 14.4. The molecule has 254 valence electrons. The van der Waals surface area contributed by atoms with Crippen LogP contribution in [0, 0.1) is 23.2 Å². The molecular formula is C31H37F5N8O3. The highest BCUT2D eigenvalue weighted by molar-refractivity contribution is 5.92. The van der Waals surface area contributed by atoms with E-state index in [0.717, 1.165) is 0 Å². The van der Waals surface area contributed by atoms with Gasteiger partial charge in [0, 0.05) is 63.6 Å². The third kappa shape index (κ3) is 6.20. The highest BCUT2D eigenvalue weighted by Crippen LogP contribution is 2.66. The fraction of sp³-hybridized carbons (Fsp3) is 0.677. The summed E-state index contributed by atoms with van der Waals surface area (Å²) in [6, 6.07) is 0.979. The molecule has 0 bridgehead atoms. The molecule has 2 aliphatic heterocycles. The number of hydrogen-bond acceptors (Lipinski definition) is 7. The number of imidazole rings is 1. The molecule has 2 N–H and O–H groups in total. The molecule has 0 radical (unpaired) electrons. The van der Waals surface area contributed by atoms with E-state index in [2.05, 4.69) is 15.7 Å². The summed E-state index contributed by atoms with van der Waals surface area (Å²) in [5.41, 5.74) is 1.36. The first-order chi connectivity index (χ1) is 22.3. The lowest BCUT2D eigenvalue weighted by atomic mass is 9.49. The fourth-order valence-corrected chi connectivity index (χ4v) is 8.08. The lowest BCUT2D eigenvalue weighted by Crippen LogP contribution is -2.56. The Balaban J connectivity index is 1.22. The molecule has 5 heterocycles. The second-order valence-corrected chi connectivity index (χ2v) is 13.7. The number of aromatic nitrogens is 6. The standard InChI is InChI=1S/C31H37F5N8O3/c1-2-43-23(3-6-38-43)27(46)40-25(19-11-29(12-19)15-30(32,33)16-29)22-14-44-28(39-22)41-24(17-4-7-47-8-5-17)21(42-44)10-18-9-20(31(34,35)36)13-37-26(18)45/h3,6,14,17-20,25H,2,4-5,7-13,15-16H2,1H3,(H,37,45)(H,40,46). The van der Waals surface area contributed by atoms with Gasteiger partial charge >= 0.3 is 6.18 Å². The number of rotatable bonds is 8. The van der Waals surface area contributed by atoms with Gasteiger partial charge in [0.1, 0.15) is 5.69 Å². The predicted molar refractivity (Wildman–Crippen MR) is 155 cm³/mol. The monoisotopic (exact) mass is 664 g/mol. The van der Waals surface area contributed by atoms with Crippen molar-refractivity contribution in [3.05, 3.63) is 41.2 Å². The Morgan fingerprint density at radius 1 is 1.19 bits per heavy atom. The Bertz CT molecular complexity index is 1650. The smallest absolute Gasteiger partial charge is 0.381 e. The normalized spacial score (nSPS) is 25.3. The largest absolute Gasteiger partial charge is 0.393 e. The maximum atomic E-state index is 13.8. The molecule has 11 nitrogen and oxygen atoms in total. The molecule has 2 aliphatic carbocycles. The fourth-order valence-electron chi connectivity index (χ4n) is 8.08. The molecule has 2 saturated carbocycles. The molecular weight excluding hydrogens is 627 g/mol. The van der Waals surface area contributed by atoms with Crippen LogP contribution in [0.2, 0.25) is 0 Å². The van der Waals surface area contributed by atoms with Crippen molar-refractivity contribution in [1.82, 2.24) is 40.0 Å². The van der Waals surface area contributed by atoms with Crippen molar-refractivity contribution in [2.75, 3.05) is 19.8 Å². The van der Waals surface area contributed by atoms with Gasteiger partial charge in [-0.1, -0.05) is 0 Å². The van der Waals surface area contributed by atoms with Gasteiger partial charge in [-0.3, -0.25) is 14.3 Å². The van der Waals surface area contributed by atoms with Gasteiger partial charge in [-0.15, -0.1) is 0 Å². The summed E-state index contributed by atoms with van der Waals surface area (Å²) in [7, 11) is 0. The van der Waals surface area contributed by atoms with E-state index in [9.17, 15) is 31.5 Å². The second-order valence-electron chi connectivity index (χ2n) is 13.7. The lowest BCUT2D eigenvalue weighted by molar-refractivity contribution is -0.210. The second kappa shape index (κ2) is 11.8. The zero-order valence-electron chi connectivity index (χ0n) is 25.9. The molecule has 2 saturated heterocycles. The third-order valence-corrected chi connectivity index (χ3v) is 10.4. The number of nitrogens with one attached hydrogen (secondary N) is 2. The number of carbonyl (C=O) groups is 2. The van der Waals surface area contributed by atoms with Crippen LogP contribution in [0.1, 0.15) is 91.4 Å². The molecule has 0 aromatic carbocycles. The van der Waals surface area contributed by atoms with Crippen molar-refractivity contribution in [2.45, 2.75) is 88.9 Å². The van der Waals surface area contributed by atoms with Gasteiger partial charge in [-0.25, -0.2) is 23.3 Å². The van der Waals surface area contributed by atoms with E-state index in [0.29, 0.717) is 68.2 Å². The van der Waals surface area contributed by atoms with Crippen molar-refractivity contribution in [2.24, 2.45) is 23.2 Å². The zero-order chi connectivity index (χ0) is 33.1. The van der Waals surface area contributed by atoms with Gasteiger partial charge in [0.2, 0.25) is 11.8 Å². The van der Waals surface area contributed by atoms with E-state index in [1.807, 2.05) is 6.92 Å². The summed E-state index contributed by atoms with van der Waals surface area (Å²) >= 11 is 0. The number of aryl methyl sites for hydroxylation is 1. The van der Waals surface area contributed by atoms with Crippen LogP contribution < -0.4 is 10.6 Å². The van der Waals surface area contributed by atoms with Crippen molar-refractivity contribution < 1.29 is 36.3 Å². The van der Waals surface area contributed by atoms with E-state index in [4.69, 9.17) is 19.8 Å². The van der Waals surface area contributed by atoms with E-state index in [-0.39, 0.29) is 49.2 Å². The van der Waals surface area contributed by atoms with Gasteiger partial charge < -0.3 is 15.4 Å². The van der Waals surface area contributed by atoms with Gasteiger partial charge in [0.15, 0.2) is 0 Å². The number of hydrogen-bond donors (Lipinski definition) is 2. The molecule has 2 amide bonds. The molecule has 4 aliphatic rings. The van der Waals surface area contributed by atoms with E-state index in [1.165, 1.54) is 10.7 Å². The first-order valence-corrected chi connectivity index (χ1v) is 16.2. The number of piperidine rings is 1. The Morgan fingerprint density at radius 2 is 1.94 bits per heavy atom. The molecule has 16 heteroatoms. The van der Waals surface area contributed by atoms with Crippen LogP contribution in [-0.4, -0.2) is 73.0 Å². The average molecular weight is 665 g/mol. The number of ether oxygens (including phenoxy) is 1. The Morgan fingerprint density at radius 3 is 2.62 bits per heavy atom. The van der Waals surface area contributed by atoms with Crippen molar-refractivity contribution in [1.29, 1.82) is 0 Å². The first kappa shape index (κ1) is 31.9. The van der Waals surface area contributed by atoms with Crippen LogP contribution in [0.25, 0.3) is 5.78 Å². The van der Waals surface area contributed by atoms with Gasteiger partial charge in [-0.05, 0) is 56.4 Å². The Hall–Kier alpha value is -3.69. The van der Waals surface area contributed by atoms with Crippen molar-refractivity contribution in [3.63, 3.8) is 0 Å². The number of alkyl halides is 5. The molecule has 3 aromatic rings. The van der Waals surface area contributed by atoms with E-state index >= 15 is 0 Å². The topological polar surface area (TPSA) is 128 Å². The third-order valence-electron chi connectivity index (χ3n) is 10.4. The quantitative estimate of drug-likeness (QED) is 0.342. The molecule has 1 spiro atoms. The maximum absolute atomic E-state index is 13.8. The van der Waals surface area contributed by atoms with Crippen LogP contribution in [0.5, 0.6) is 0 Å². The number of nitrogens with zero attached hydrogens (tertiary/aromatic N) is 6. The van der Waals surface area contributed by atoms with Crippen LogP contribution in [0.3, 0.4) is 0 Å². The van der Waals surface area contributed by atoms with Crippen LogP contribution >= 0.6 is 0 Å². The molecule has 3 unspecified atom stereocenters. The Labute approximate surface area is 267 Å². The summed E-state index contributed by atoms with van der Waals surface area (Å²) in [6.07, 6.45) is 0.281. The minimum atomic E-state index is -4.44. The number of halogens is 5. The maximum Gasteiger partial charge on any atom is 0.393 e. The highest BCUT2D eigenvalue weighted by Gasteiger charge is 2.63. The minimum Gasteiger partial charge on any atom is -0.381 e. The summed E-state index contributed by atoms with van der Waals surface area (Å²) in [4.78, 5) is 35.8. The van der Waals surface area contributed by atoms with Gasteiger partial charge in [0.05, 0.1) is 35.2 Å².